The van der Waals surface area contributed by atoms with Crippen molar-refractivity contribution in [3.63, 3.8) is 0 Å². The second-order valence-corrected chi connectivity index (χ2v) is 4.28. The number of ether oxygens (including phenoxy) is 1. The van der Waals surface area contributed by atoms with E-state index in [4.69, 9.17) is 4.74 Å². The summed E-state index contributed by atoms with van der Waals surface area (Å²) in [6, 6.07) is 10.4. The van der Waals surface area contributed by atoms with E-state index >= 15 is 0 Å². The van der Waals surface area contributed by atoms with Crippen LogP contribution in [0.3, 0.4) is 0 Å². The first-order valence-corrected chi connectivity index (χ1v) is 5.95. The summed E-state index contributed by atoms with van der Waals surface area (Å²) in [5.74, 6) is -4.31. The Labute approximate surface area is 114 Å². The Morgan fingerprint density at radius 3 is 2.20 bits per heavy atom. The molecule has 0 spiro atoms. The molecule has 0 bridgehead atoms. The molecule has 2 rings (SSSR count). The van der Waals surface area contributed by atoms with Gasteiger partial charge in [0.05, 0.1) is 0 Å². The first-order chi connectivity index (χ1) is 9.56. The minimum Gasteiger partial charge on any atom is -0.385 e. The fraction of sp³-hybridized carbons (Fsp3) is 0.200. The molecule has 0 saturated carbocycles. The number of halogens is 3. The minimum absolute atomic E-state index is 0.348. The van der Waals surface area contributed by atoms with Crippen LogP contribution in [0, 0.1) is 17.5 Å². The van der Waals surface area contributed by atoms with Gasteiger partial charge in [-0.1, -0.05) is 36.4 Å². The summed E-state index contributed by atoms with van der Waals surface area (Å²) < 4.78 is 45.0. The van der Waals surface area contributed by atoms with Crippen molar-refractivity contribution >= 4 is 0 Å². The molecular weight excluding hydrogens is 269 g/mol. The lowest BCUT2D eigenvalue weighted by atomic mass is 9.97. The van der Waals surface area contributed by atoms with Crippen molar-refractivity contribution in [2.75, 3.05) is 7.11 Å². The summed E-state index contributed by atoms with van der Waals surface area (Å²) in [5, 5.41) is 10.2. The molecule has 2 atom stereocenters. The number of methoxy groups -OCH3 is 1. The van der Waals surface area contributed by atoms with E-state index in [1.165, 1.54) is 7.11 Å². The fourth-order valence-corrected chi connectivity index (χ4v) is 2.02. The van der Waals surface area contributed by atoms with E-state index < -0.39 is 29.7 Å². The molecule has 1 N–H and O–H groups in total. The highest BCUT2D eigenvalue weighted by Gasteiger charge is 2.27. The molecule has 2 aromatic carbocycles. The molecule has 0 fully saturated rings. The summed E-state index contributed by atoms with van der Waals surface area (Å²) >= 11 is 0. The molecule has 0 aromatic heterocycles. The van der Waals surface area contributed by atoms with Gasteiger partial charge in [0, 0.05) is 12.7 Å². The van der Waals surface area contributed by atoms with Crippen molar-refractivity contribution in [2.24, 2.45) is 0 Å². The Kier molecular flexibility index (Phi) is 4.42. The molecule has 0 heterocycles. The number of hydrogen-bond donors (Lipinski definition) is 1. The molecule has 0 aliphatic carbocycles. The predicted molar refractivity (Wildman–Crippen MR) is 67.5 cm³/mol. The lowest BCUT2D eigenvalue weighted by Crippen LogP contribution is -2.15. The van der Waals surface area contributed by atoms with Crippen LogP contribution in [0.2, 0.25) is 0 Å². The third-order valence-corrected chi connectivity index (χ3v) is 3.05. The van der Waals surface area contributed by atoms with E-state index in [1.54, 1.807) is 30.3 Å². The third kappa shape index (κ3) is 2.69. The van der Waals surface area contributed by atoms with Gasteiger partial charge in [0.2, 0.25) is 0 Å². The van der Waals surface area contributed by atoms with Crippen molar-refractivity contribution < 1.29 is 23.0 Å². The van der Waals surface area contributed by atoms with Crippen LogP contribution in [0.25, 0.3) is 0 Å². The van der Waals surface area contributed by atoms with Crippen LogP contribution in [0.1, 0.15) is 23.3 Å². The van der Waals surface area contributed by atoms with E-state index in [2.05, 4.69) is 0 Å². The molecule has 0 saturated heterocycles. The summed E-state index contributed by atoms with van der Waals surface area (Å²) in [7, 11) is 1.35. The largest absolute Gasteiger partial charge is 0.385 e. The zero-order chi connectivity index (χ0) is 14.7. The van der Waals surface area contributed by atoms with Crippen molar-refractivity contribution in [3.05, 3.63) is 71.0 Å². The predicted octanol–water partition coefficient (Wildman–Crippen LogP) is 3.53. The zero-order valence-electron chi connectivity index (χ0n) is 10.7. The maximum atomic E-state index is 13.7. The molecule has 106 valence electrons. The Morgan fingerprint density at radius 2 is 1.60 bits per heavy atom. The van der Waals surface area contributed by atoms with Crippen LogP contribution < -0.4 is 0 Å². The van der Waals surface area contributed by atoms with E-state index in [1.807, 2.05) is 0 Å². The molecule has 5 heteroatoms. The van der Waals surface area contributed by atoms with Crippen molar-refractivity contribution in [1.82, 2.24) is 0 Å². The van der Waals surface area contributed by atoms with Gasteiger partial charge in [0.1, 0.15) is 12.2 Å². The molecule has 0 radical (unpaired) electrons. The minimum atomic E-state index is -1.61. The Balaban J connectivity index is 2.39. The van der Waals surface area contributed by atoms with Crippen molar-refractivity contribution in [3.8, 4) is 0 Å². The Morgan fingerprint density at radius 1 is 0.950 bits per heavy atom. The van der Waals surface area contributed by atoms with Gasteiger partial charge < -0.3 is 9.84 Å². The lowest BCUT2D eigenvalue weighted by molar-refractivity contribution is -0.0169. The maximum Gasteiger partial charge on any atom is 0.194 e. The van der Waals surface area contributed by atoms with E-state index in [-0.39, 0.29) is 5.56 Å². The molecule has 0 aliphatic heterocycles. The quantitative estimate of drug-likeness (QED) is 0.869. The molecule has 0 aliphatic rings. The summed E-state index contributed by atoms with van der Waals surface area (Å²) in [6.07, 6.45) is -2.33. The van der Waals surface area contributed by atoms with Gasteiger partial charge in [-0.3, -0.25) is 0 Å². The third-order valence-electron chi connectivity index (χ3n) is 3.05. The monoisotopic (exact) mass is 282 g/mol. The van der Waals surface area contributed by atoms with Gasteiger partial charge in [-0.2, -0.15) is 0 Å². The smallest absolute Gasteiger partial charge is 0.194 e. The number of aliphatic hydroxyl groups is 1. The van der Waals surface area contributed by atoms with Gasteiger partial charge in [0.25, 0.3) is 0 Å². The number of aliphatic hydroxyl groups excluding tert-OH is 1. The average Bonchev–Trinajstić information content (AvgIpc) is 2.47. The number of rotatable bonds is 4. The second-order valence-electron chi connectivity index (χ2n) is 4.28. The average molecular weight is 282 g/mol. The van der Waals surface area contributed by atoms with Crippen LogP contribution in [-0.4, -0.2) is 12.2 Å². The highest BCUT2D eigenvalue weighted by molar-refractivity contribution is 5.27. The molecule has 2 nitrogen and oxygen atoms in total. The first kappa shape index (κ1) is 14.6. The second kappa shape index (κ2) is 6.07. The lowest BCUT2D eigenvalue weighted by Gasteiger charge is -2.22. The fourth-order valence-electron chi connectivity index (χ4n) is 2.02. The van der Waals surface area contributed by atoms with Crippen LogP contribution in [0.5, 0.6) is 0 Å². The van der Waals surface area contributed by atoms with Crippen LogP contribution >= 0.6 is 0 Å². The number of hydrogen-bond acceptors (Lipinski definition) is 2. The first-order valence-electron chi connectivity index (χ1n) is 5.95. The highest BCUT2D eigenvalue weighted by atomic mass is 19.2. The summed E-state index contributed by atoms with van der Waals surface area (Å²) in [5.41, 5.74) is 0.256. The Hall–Kier alpha value is -1.85. The van der Waals surface area contributed by atoms with Gasteiger partial charge in [0.15, 0.2) is 17.5 Å². The van der Waals surface area contributed by atoms with Gasteiger partial charge in [-0.05, 0) is 11.6 Å². The van der Waals surface area contributed by atoms with Gasteiger partial charge >= 0.3 is 0 Å². The molecule has 2 unspecified atom stereocenters. The SMILES string of the molecule is COC(c1ccccc1)C(O)c1ccc(F)c(F)c1F. The van der Waals surface area contributed by atoms with E-state index in [0.29, 0.717) is 5.56 Å². The summed E-state index contributed by atoms with van der Waals surface area (Å²) in [4.78, 5) is 0. The van der Waals surface area contributed by atoms with Crippen LogP contribution in [0.15, 0.2) is 42.5 Å². The van der Waals surface area contributed by atoms with Crippen molar-refractivity contribution in [2.45, 2.75) is 12.2 Å². The van der Waals surface area contributed by atoms with E-state index in [0.717, 1.165) is 12.1 Å². The van der Waals surface area contributed by atoms with Crippen LogP contribution in [0.4, 0.5) is 13.2 Å². The number of benzene rings is 2. The normalized spacial score (nSPS) is 14.1. The molecular formula is C15H13F3O2. The summed E-state index contributed by atoms with van der Waals surface area (Å²) in [6.45, 7) is 0. The zero-order valence-corrected chi connectivity index (χ0v) is 10.7. The van der Waals surface area contributed by atoms with Gasteiger partial charge in [-0.15, -0.1) is 0 Å². The molecule has 0 amide bonds. The Bertz CT molecular complexity index is 587. The van der Waals surface area contributed by atoms with Crippen molar-refractivity contribution in [1.29, 1.82) is 0 Å². The topological polar surface area (TPSA) is 29.5 Å². The van der Waals surface area contributed by atoms with E-state index in [9.17, 15) is 18.3 Å². The van der Waals surface area contributed by atoms with Gasteiger partial charge in [-0.25, -0.2) is 13.2 Å². The van der Waals surface area contributed by atoms with Crippen LogP contribution in [-0.2, 0) is 4.74 Å². The highest BCUT2D eigenvalue weighted by Crippen LogP contribution is 2.33. The standard InChI is InChI=1S/C15H13F3O2/c1-20-15(9-5-3-2-4-6-9)14(19)10-7-8-11(16)13(18)12(10)17/h2-8,14-15,19H,1H3. The maximum absolute atomic E-state index is 13.7. The molecule has 20 heavy (non-hydrogen) atoms. The molecule has 2 aromatic rings.